The van der Waals surface area contributed by atoms with E-state index in [1.54, 1.807) is 0 Å². The van der Waals surface area contributed by atoms with E-state index in [1.165, 1.54) is 37.2 Å². The number of hydrogen-bond acceptors (Lipinski definition) is 3. The molecular weight excluding hydrogens is 228 g/mol. The molecule has 0 radical (unpaired) electrons. The van der Waals surface area contributed by atoms with Crippen molar-refractivity contribution in [1.29, 1.82) is 0 Å². The fourth-order valence-corrected chi connectivity index (χ4v) is 3.82. The van der Waals surface area contributed by atoms with Crippen molar-refractivity contribution in [1.82, 2.24) is 4.90 Å². The summed E-state index contributed by atoms with van der Waals surface area (Å²) in [5, 5.41) is 2.19. The zero-order valence-electron chi connectivity index (χ0n) is 10.9. The average molecular weight is 252 g/mol. The Labute approximate surface area is 109 Å². The van der Waals surface area contributed by atoms with Crippen molar-refractivity contribution in [3.63, 3.8) is 0 Å². The van der Waals surface area contributed by atoms with Gasteiger partial charge in [-0.3, -0.25) is 4.90 Å². The Balaban J connectivity index is 1.95. The lowest BCUT2D eigenvalue weighted by Crippen LogP contribution is -2.41. The van der Waals surface area contributed by atoms with Crippen molar-refractivity contribution >= 4 is 11.3 Å². The van der Waals surface area contributed by atoms with E-state index in [4.69, 9.17) is 5.73 Å². The fraction of sp³-hybridized carbons (Fsp3) is 0.714. The van der Waals surface area contributed by atoms with Crippen LogP contribution in [0.2, 0.25) is 0 Å². The molecule has 2 nitrogen and oxygen atoms in total. The summed E-state index contributed by atoms with van der Waals surface area (Å²) in [5.74, 6) is 0.729. The molecule has 1 aromatic rings. The summed E-state index contributed by atoms with van der Waals surface area (Å²) in [6.07, 6.45) is 3.74. The van der Waals surface area contributed by atoms with Gasteiger partial charge in [0.1, 0.15) is 0 Å². The molecular formula is C14H24N2S. The van der Waals surface area contributed by atoms with Crippen LogP contribution in [0.1, 0.15) is 44.0 Å². The quantitative estimate of drug-likeness (QED) is 0.891. The number of thiophene rings is 1. The van der Waals surface area contributed by atoms with E-state index < -0.39 is 0 Å². The minimum Gasteiger partial charge on any atom is -0.328 e. The van der Waals surface area contributed by atoms with E-state index >= 15 is 0 Å². The monoisotopic (exact) mass is 252 g/mol. The molecule has 0 aliphatic carbocycles. The van der Waals surface area contributed by atoms with E-state index in [0.29, 0.717) is 12.1 Å². The lowest BCUT2D eigenvalue weighted by molar-refractivity contribution is 0.123. The van der Waals surface area contributed by atoms with Crippen LogP contribution in [0.4, 0.5) is 0 Å². The van der Waals surface area contributed by atoms with E-state index in [1.807, 2.05) is 11.3 Å². The predicted molar refractivity (Wildman–Crippen MR) is 75.3 cm³/mol. The van der Waals surface area contributed by atoms with Gasteiger partial charge in [-0.15, -0.1) is 11.3 Å². The second kappa shape index (κ2) is 5.98. The Morgan fingerprint density at radius 3 is 2.65 bits per heavy atom. The number of nitrogens with two attached hydrogens (primary N) is 1. The lowest BCUT2D eigenvalue weighted by Gasteiger charge is -2.38. The summed E-state index contributed by atoms with van der Waals surface area (Å²) in [4.78, 5) is 4.16. The highest BCUT2D eigenvalue weighted by atomic mass is 32.1. The summed E-state index contributed by atoms with van der Waals surface area (Å²) < 4.78 is 0. The van der Waals surface area contributed by atoms with E-state index in [9.17, 15) is 0 Å². The maximum absolute atomic E-state index is 6.00. The van der Waals surface area contributed by atoms with Crippen molar-refractivity contribution in [2.45, 2.75) is 45.2 Å². The highest BCUT2D eigenvalue weighted by molar-refractivity contribution is 7.10. The van der Waals surface area contributed by atoms with Crippen LogP contribution in [-0.2, 0) is 0 Å². The zero-order valence-corrected chi connectivity index (χ0v) is 11.7. The number of likely N-dealkylation sites (tertiary alicyclic amines) is 1. The SMILES string of the molecule is CCC(c1cccs1)N1CCC(C(C)N)CC1. The summed E-state index contributed by atoms with van der Waals surface area (Å²) in [5.41, 5.74) is 6.00. The second-order valence-corrected chi connectivity index (χ2v) is 6.15. The number of nitrogens with zero attached hydrogens (tertiary/aromatic N) is 1. The first-order chi connectivity index (χ1) is 8.22. The van der Waals surface area contributed by atoms with Gasteiger partial charge < -0.3 is 5.73 Å². The first kappa shape index (κ1) is 13.1. The Kier molecular flexibility index (Phi) is 4.60. The largest absolute Gasteiger partial charge is 0.328 e. The van der Waals surface area contributed by atoms with Crippen LogP contribution in [0, 0.1) is 5.92 Å². The first-order valence-electron chi connectivity index (χ1n) is 6.75. The Morgan fingerprint density at radius 1 is 1.47 bits per heavy atom. The highest BCUT2D eigenvalue weighted by Gasteiger charge is 2.26. The molecule has 1 fully saturated rings. The molecule has 0 bridgehead atoms. The van der Waals surface area contributed by atoms with Gasteiger partial charge in [0.25, 0.3) is 0 Å². The maximum Gasteiger partial charge on any atom is 0.0438 e. The minimum absolute atomic E-state index is 0.360. The Morgan fingerprint density at radius 2 is 2.18 bits per heavy atom. The van der Waals surface area contributed by atoms with Gasteiger partial charge in [-0.2, -0.15) is 0 Å². The van der Waals surface area contributed by atoms with Crippen molar-refractivity contribution < 1.29 is 0 Å². The molecule has 1 saturated heterocycles. The molecule has 2 heterocycles. The van der Waals surface area contributed by atoms with Crippen molar-refractivity contribution in [2.24, 2.45) is 11.7 Å². The molecule has 0 spiro atoms. The van der Waals surface area contributed by atoms with Gasteiger partial charge in [0, 0.05) is 17.0 Å². The molecule has 0 amide bonds. The van der Waals surface area contributed by atoms with Crippen LogP contribution in [0.25, 0.3) is 0 Å². The predicted octanol–water partition coefficient (Wildman–Crippen LogP) is 3.26. The molecule has 1 aliphatic heterocycles. The average Bonchev–Trinajstić information content (AvgIpc) is 2.84. The molecule has 0 saturated carbocycles. The van der Waals surface area contributed by atoms with E-state index in [-0.39, 0.29) is 0 Å². The zero-order chi connectivity index (χ0) is 12.3. The topological polar surface area (TPSA) is 29.3 Å². The first-order valence-corrected chi connectivity index (χ1v) is 7.63. The maximum atomic E-state index is 6.00. The molecule has 3 heteroatoms. The van der Waals surface area contributed by atoms with Crippen LogP contribution >= 0.6 is 11.3 Å². The van der Waals surface area contributed by atoms with Gasteiger partial charge in [0.05, 0.1) is 0 Å². The third kappa shape index (κ3) is 3.09. The summed E-state index contributed by atoms with van der Waals surface area (Å²) in [7, 11) is 0. The smallest absolute Gasteiger partial charge is 0.0438 e. The number of piperidine rings is 1. The van der Waals surface area contributed by atoms with Gasteiger partial charge >= 0.3 is 0 Å². The van der Waals surface area contributed by atoms with Gasteiger partial charge in [-0.25, -0.2) is 0 Å². The lowest BCUT2D eigenvalue weighted by atomic mass is 9.90. The van der Waals surface area contributed by atoms with Gasteiger partial charge in [0.15, 0.2) is 0 Å². The Bertz CT molecular complexity index is 313. The molecule has 2 rings (SSSR count). The third-order valence-corrected chi connectivity index (χ3v) is 4.99. The highest BCUT2D eigenvalue weighted by Crippen LogP contribution is 2.32. The minimum atomic E-state index is 0.360. The van der Waals surface area contributed by atoms with Gasteiger partial charge in [-0.1, -0.05) is 13.0 Å². The normalized spacial score (nSPS) is 22.5. The van der Waals surface area contributed by atoms with E-state index in [0.717, 1.165) is 5.92 Å². The molecule has 2 atom stereocenters. The number of hydrogen-bond donors (Lipinski definition) is 1. The van der Waals surface area contributed by atoms with Crippen LogP contribution in [0.3, 0.4) is 0 Å². The van der Waals surface area contributed by atoms with Crippen molar-refractivity contribution in [3.8, 4) is 0 Å². The molecule has 1 aromatic heterocycles. The standard InChI is InChI=1S/C14H24N2S/c1-3-13(14-5-4-10-17-14)16-8-6-12(7-9-16)11(2)15/h4-5,10-13H,3,6-9,15H2,1-2H3. The molecule has 96 valence electrons. The van der Waals surface area contributed by atoms with Gasteiger partial charge in [0.2, 0.25) is 0 Å². The summed E-state index contributed by atoms with van der Waals surface area (Å²) in [6, 6.07) is 5.43. The molecule has 17 heavy (non-hydrogen) atoms. The van der Waals surface area contributed by atoms with Crippen molar-refractivity contribution in [2.75, 3.05) is 13.1 Å². The second-order valence-electron chi connectivity index (χ2n) is 5.17. The number of rotatable bonds is 4. The summed E-state index contributed by atoms with van der Waals surface area (Å²) >= 11 is 1.89. The van der Waals surface area contributed by atoms with Crippen LogP contribution in [0.15, 0.2) is 17.5 Å². The van der Waals surface area contributed by atoms with Gasteiger partial charge in [-0.05, 0) is 56.6 Å². The molecule has 1 aliphatic rings. The summed E-state index contributed by atoms with van der Waals surface area (Å²) in [6.45, 7) is 6.87. The molecule has 2 N–H and O–H groups in total. The molecule has 0 aromatic carbocycles. The van der Waals surface area contributed by atoms with Crippen LogP contribution in [0.5, 0.6) is 0 Å². The third-order valence-electron chi connectivity index (χ3n) is 4.02. The van der Waals surface area contributed by atoms with Crippen LogP contribution in [-0.4, -0.2) is 24.0 Å². The fourth-order valence-electron chi connectivity index (χ4n) is 2.88. The molecule has 2 unspecified atom stereocenters. The van der Waals surface area contributed by atoms with Crippen molar-refractivity contribution in [3.05, 3.63) is 22.4 Å². The van der Waals surface area contributed by atoms with Crippen LogP contribution < -0.4 is 5.73 Å². The Hall–Kier alpha value is -0.380. The van der Waals surface area contributed by atoms with E-state index in [2.05, 4.69) is 36.3 Å².